The second kappa shape index (κ2) is 9.56. The van der Waals surface area contributed by atoms with Gasteiger partial charge in [-0.15, -0.1) is 0 Å². The normalized spacial score (nSPS) is 20.3. The Morgan fingerprint density at radius 1 is 1.00 bits per heavy atom. The van der Waals surface area contributed by atoms with Crippen LogP contribution in [0.1, 0.15) is 36.8 Å². The third-order valence-electron chi connectivity index (χ3n) is 5.04. The fourth-order valence-corrected chi connectivity index (χ4v) is 3.30. The van der Waals surface area contributed by atoms with E-state index in [1.54, 1.807) is 0 Å². The van der Waals surface area contributed by atoms with Crippen LogP contribution in [0.2, 0.25) is 0 Å². The molecule has 0 heterocycles. The van der Waals surface area contributed by atoms with Gasteiger partial charge in [-0.3, -0.25) is 9.59 Å². The van der Waals surface area contributed by atoms with Crippen LogP contribution in [-0.2, 0) is 16.1 Å². The van der Waals surface area contributed by atoms with Crippen molar-refractivity contribution in [3.8, 4) is 0 Å². The van der Waals surface area contributed by atoms with Crippen LogP contribution >= 0.6 is 0 Å². The number of benzene rings is 1. The zero-order chi connectivity index (χ0) is 18.2. The minimum Gasteiger partial charge on any atom is -0.355 e. The molecule has 2 amide bonds. The molecular weight excluding hydrogens is 314 g/mol. The van der Waals surface area contributed by atoms with E-state index in [1.807, 2.05) is 32.3 Å². The Hall–Kier alpha value is -1.88. The van der Waals surface area contributed by atoms with Crippen molar-refractivity contribution in [3.63, 3.8) is 0 Å². The maximum atomic E-state index is 12.4. The van der Waals surface area contributed by atoms with E-state index in [1.165, 1.54) is 5.56 Å². The third-order valence-corrected chi connectivity index (χ3v) is 5.04. The molecule has 0 spiro atoms. The maximum Gasteiger partial charge on any atom is 0.223 e. The van der Waals surface area contributed by atoms with Crippen LogP contribution < -0.4 is 10.6 Å². The summed E-state index contributed by atoms with van der Waals surface area (Å²) in [5.41, 5.74) is 2.35. The average Bonchev–Trinajstić information content (AvgIpc) is 2.60. The van der Waals surface area contributed by atoms with Gasteiger partial charge in [0.05, 0.1) is 0 Å². The summed E-state index contributed by atoms with van der Waals surface area (Å²) in [6.45, 7) is 4.17. The van der Waals surface area contributed by atoms with Crippen LogP contribution in [0.4, 0.5) is 0 Å². The van der Waals surface area contributed by atoms with Crippen LogP contribution in [0, 0.1) is 18.8 Å². The van der Waals surface area contributed by atoms with Crippen molar-refractivity contribution in [2.75, 3.05) is 27.2 Å². The molecule has 0 atom stereocenters. The number of rotatable bonds is 7. The molecule has 5 heteroatoms. The van der Waals surface area contributed by atoms with Gasteiger partial charge < -0.3 is 15.5 Å². The van der Waals surface area contributed by atoms with E-state index in [2.05, 4.69) is 28.5 Å². The Kier molecular flexibility index (Phi) is 7.44. The third kappa shape index (κ3) is 6.16. The van der Waals surface area contributed by atoms with Crippen molar-refractivity contribution in [1.82, 2.24) is 15.5 Å². The molecule has 1 aliphatic rings. The van der Waals surface area contributed by atoms with Crippen LogP contribution in [0.25, 0.3) is 0 Å². The standard InChI is InChI=1S/C20H31N3O2/c1-15-6-4-5-7-18(15)14-22-20(25)17-10-8-16(9-11-17)19(24)21-12-13-23(2)3/h4-7,16-17H,8-14H2,1-3H3,(H,21,24)(H,22,25). The molecule has 0 unspecified atom stereocenters. The molecule has 138 valence electrons. The van der Waals surface area contributed by atoms with Gasteiger partial charge in [0.1, 0.15) is 0 Å². The lowest BCUT2D eigenvalue weighted by atomic mass is 9.81. The van der Waals surface area contributed by atoms with Crippen molar-refractivity contribution in [2.45, 2.75) is 39.2 Å². The minimum atomic E-state index is 0.0369. The van der Waals surface area contributed by atoms with Crippen LogP contribution in [0.3, 0.4) is 0 Å². The number of likely N-dealkylation sites (N-methyl/N-ethyl adjacent to an activating group) is 1. The highest BCUT2D eigenvalue weighted by molar-refractivity contribution is 5.81. The summed E-state index contributed by atoms with van der Waals surface area (Å²) in [5.74, 6) is 0.354. The molecule has 0 saturated heterocycles. The summed E-state index contributed by atoms with van der Waals surface area (Å²) in [7, 11) is 3.99. The Labute approximate surface area is 151 Å². The van der Waals surface area contributed by atoms with E-state index < -0.39 is 0 Å². The zero-order valence-corrected chi connectivity index (χ0v) is 15.7. The lowest BCUT2D eigenvalue weighted by molar-refractivity contribution is -0.130. The number of nitrogens with one attached hydrogen (secondary N) is 2. The summed E-state index contributed by atoms with van der Waals surface area (Å²) >= 11 is 0. The topological polar surface area (TPSA) is 61.4 Å². The first-order chi connectivity index (χ1) is 12.0. The molecule has 1 aromatic carbocycles. The quantitative estimate of drug-likeness (QED) is 0.795. The number of carbonyl (C=O) groups is 2. The largest absolute Gasteiger partial charge is 0.355 e. The molecule has 1 saturated carbocycles. The van der Waals surface area contributed by atoms with Gasteiger partial charge in [-0.1, -0.05) is 24.3 Å². The highest BCUT2D eigenvalue weighted by atomic mass is 16.2. The Balaban J connectivity index is 1.71. The highest BCUT2D eigenvalue weighted by Crippen LogP contribution is 2.29. The molecule has 1 fully saturated rings. The van der Waals surface area contributed by atoms with E-state index in [0.717, 1.165) is 37.8 Å². The number of nitrogens with zero attached hydrogens (tertiary/aromatic N) is 1. The van der Waals surface area contributed by atoms with E-state index in [-0.39, 0.29) is 23.7 Å². The Morgan fingerprint density at radius 3 is 2.12 bits per heavy atom. The maximum absolute atomic E-state index is 12.4. The summed E-state index contributed by atoms with van der Waals surface area (Å²) < 4.78 is 0. The fraction of sp³-hybridized carbons (Fsp3) is 0.600. The number of hydrogen-bond donors (Lipinski definition) is 2. The van der Waals surface area contributed by atoms with Gasteiger partial charge in [-0.2, -0.15) is 0 Å². The summed E-state index contributed by atoms with van der Waals surface area (Å²) in [6.07, 6.45) is 3.20. The van der Waals surface area contributed by atoms with Crippen LogP contribution in [-0.4, -0.2) is 43.9 Å². The molecule has 0 aliphatic heterocycles. The number of carbonyl (C=O) groups excluding carboxylic acids is 2. The highest BCUT2D eigenvalue weighted by Gasteiger charge is 2.29. The van der Waals surface area contributed by atoms with Crippen molar-refractivity contribution in [2.24, 2.45) is 11.8 Å². The Bertz CT molecular complexity index is 578. The van der Waals surface area contributed by atoms with Crippen molar-refractivity contribution < 1.29 is 9.59 Å². The first kappa shape index (κ1) is 19.4. The van der Waals surface area contributed by atoms with E-state index in [0.29, 0.717) is 13.1 Å². The molecule has 2 N–H and O–H groups in total. The van der Waals surface area contributed by atoms with Crippen LogP contribution in [0.5, 0.6) is 0 Å². The monoisotopic (exact) mass is 345 g/mol. The second-order valence-corrected chi connectivity index (χ2v) is 7.29. The van der Waals surface area contributed by atoms with E-state index in [9.17, 15) is 9.59 Å². The van der Waals surface area contributed by atoms with E-state index >= 15 is 0 Å². The van der Waals surface area contributed by atoms with Crippen molar-refractivity contribution >= 4 is 11.8 Å². The molecule has 0 radical (unpaired) electrons. The summed E-state index contributed by atoms with van der Waals surface area (Å²) in [4.78, 5) is 26.6. The van der Waals surface area contributed by atoms with Gasteiger partial charge in [0, 0.05) is 31.5 Å². The molecule has 0 bridgehead atoms. The molecule has 0 aromatic heterocycles. The number of hydrogen-bond acceptors (Lipinski definition) is 3. The van der Waals surface area contributed by atoms with Gasteiger partial charge in [0.15, 0.2) is 0 Å². The second-order valence-electron chi connectivity index (χ2n) is 7.29. The minimum absolute atomic E-state index is 0.0369. The summed E-state index contributed by atoms with van der Waals surface area (Å²) in [6, 6.07) is 8.10. The number of aryl methyl sites for hydroxylation is 1. The van der Waals surface area contributed by atoms with Crippen molar-refractivity contribution in [1.29, 1.82) is 0 Å². The zero-order valence-electron chi connectivity index (χ0n) is 15.7. The molecule has 1 aliphatic carbocycles. The lowest BCUT2D eigenvalue weighted by Crippen LogP contribution is -2.39. The van der Waals surface area contributed by atoms with Gasteiger partial charge in [-0.05, 0) is 57.8 Å². The smallest absolute Gasteiger partial charge is 0.223 e. The van der Waals surface area contributed by atoms with Gasteiger partial charge in [0.25, 0.3) is 0 Å². The van der Waals surface area contributed by atoms with Gasteiger partial charge >= 0.3 is 0 Å². The molecule has 25 heavy (non-hydrogen) atoms. The Morgan fingerprint density at radius 2 is 1.56 bits per heavy atom. The molecule has 2 rings (SSSR count). The van der Waals surface area contributed by atoms with Crippen LogP contribution in [0.15, 0.2) is 24.3 Å². The summed E-state index contributed by atoms with van der Waals surface area (Å²) in [5, 5.41) is 6.05. The van der Waals surface area contributed by atoms with Gasteiger partial charge in [-0.25, -0.2) is 0 Å². The number of amides is 2. The predicted molar refractivity (Wildman–Crippen MR) is 100 cm³/mol. The first-order valence-electron chi connectivity index (χ1n) is 9.22. The SMILES string of the molecule is Cc1ccccc1CNC(=O)C1CCC(C(=O)NCCN(C)C)CC1. The van der Waals surface area contributed by atoms with Gasteiger partial charge in [0.2, 0.25) is 11.8 Å². The first-order valence-corrected chi connectivity index (χ1v) is 9.22. The molecule has 1 aromatic rings. The molecular formula is C20H31N3O2. The lowest BCUT2D eigenvalue weighted by Gasteiger charge is -2.27. The van der Waals surface area contributed by atoms with Crippen molar-refractivity contribution in [3.05, 3.63) is 35.4 Å². The predicted octanol–water partition coefficient (Wildman–Crippen LogP) is 2.10. The average molecular weight is 345 g/mol. The molecule has 5 nitrogen and oxygen atoms in total. The fourth-order valence-electron chi connectivity index (χ4n) is 3.30. The van der Waals surface area contributed by atoms with E-state index in [4.69, 9.17) is 0 Å².